The highest BCUT2D eigenvalue weighted by Crippen LogP contribution is 2.23. The number of alkyl halides is 3. The zero-order valence-electron chi connectivity index (χ0n) is 12.5. The van der Waals surface area contributed by atoms with Gasteiger partial charge in [0.1, 0.15) is 0 Å². The molecule has 0 saturated heterocycles. The highest BCUT2D eigenvalue weighted by Gasteiger charge is 2.29. The average molecular weight is 351 g/mol. The second-order valence-electron chi connectivity index (χ2n) is 5.60. The zero-order valence-corrected chi connectivity index (χ0v) is 17.0. The van der Waals surface area contributed by atoms with E-state index in [0.29, 0.717) is 0 Å². The Bertz CT molecular complexity index is 260. The van der Waals surface area contributed by atoms with Gasteiger partial charge in [0.05, 0.1) is 0 Å². The van der Waals surface area contributed by atoms with Gasteiger partial charge in [0.15, 0.2) is 17.4 Å². The second-order valence-corrected chi connectivity index (χ2v) is 17.4. The molecule has 0 bridgehead atoms. The molecule has 3 atom stereocenters. The predicted octanol–water partition coefficient (Wildman–Crippen LogP) is 2.88. The number of rotatable bonds is 8. The maximum atomic E-state index is 12.1. The van der Waals surface area contributed by atoms with E-state index in [2.05, 4.69) is 19.6 Å². The smallest absolute Gasteiger partial charge is 0.388 e. The molecule has 0 amide bonds. The van der Waals surface area contributed by atoms with Gasteiger partial charge < -0.3 is 12.3 Å². The molecule has 0 aromatic rings. The standard InChI is InChI=1S/C9H25F3O3Si4/c1-16(8-7-9(10,11)12)13-17(2)14-18(3)15-19(4,5)6/h16-18H,7-8H2,1-6H3. The summed E-state index contributed by atoms with van der Waals surface area (Å²) in [6.45, 7) is 11.9. The van der Waals surface area contributed by atoms with E-state index in [1.165, 1.54) is 0 Å². The summed E-state index contributed by atoms with van der Waals surface area (Å²) in [5.41, 5.74) is 0. The van der Waals surface area contributed by atoms with Gasteiger partial charge in [-0.25, -0.2) is 0 Å². The Balaban J connectivity index is 3.93. The Hall–Kier alpha value is 0.538. The van der Waals surface area contributed by atoms with Gasteiger partial charge in [0.25, 0.3) is 18.6 Å². The molecule has 0 radical (unpaired) electrons. The molecule has 0 saturated carbocycles. The van der Waals surface area contributed by atoms with Crippen molar-refractivity contribution < 1.29 is 25.5 Å². The van der Waals surface area contributed by atoms with Crippen LogP contribution in [0.1, 0.15) is 6.42 Å². The van der Waals surface area contributed by atoms with Crippen LogP contribution >= 0.6 is 0 Å². The van der Waals surface area contributed by atoms with E-state index in [0.717, 1.165) is 0 Å². The van der Waals surface area contributed by atoms with E-state index in [4.69, 9.17) is 12.3 Å². The summed E-state index contributed by atoms with van der Waals surface area (Å²) in [5.74, 6) is 0. The van der Waals surface area contributed by atoms with Gasteiger partial charge in [-0.15, -0.1) is 0 Å². The lowest BCUT2D eigenvalue weighted by Crippen LogP contribution is -2.40. The Morgan fingerprint density at radius 1 is 0.947 bits per heavy atom. The van der Waals surface area contributed by atoms with Crippen molar-refractivity contribution in [3.8, 4) is 0 Å². The second kappa shape index (κ2) is 8.10. The Kier molecular flexibility index (Phi) is 8.32. The lowest BCUT2D eigenvalue weighted by molar-refractivity contribution is -0.130. The molecule has 10 heteroatoms. The molecule has 0 rings (SSSR count). The molecule has 0 aliphatic rings. The lowest BCUT2D eigenvalue weighted by Gasteiger charge is -2.26. The van der Waals surface area contributed by atoms with Gasteiger partial charge in [-0.1, -0.05) is 0 Å². The fraction of sp³-hybridized carbons (Fsp3) is 1.00. The average Bonchev–Trinajstić information content (AvgIpc) is 2.09. The summed E-state index contributed by atoms with van der Waals surface area (Å²) < 4.78 is 53.5. The highest BCUT2D eigenvalue weighted by molar-refractivity contribution is 6.77. The Morgan fingerprint density at radius 2 is 1.47 bits per heavy atom. The van der Waals surface area contributed by atoms with Crippen LogP contribution in [0.3, 0.4) is 0 Å². The van der Waals surface area contributed by atoms with Crippen molar-refractivity contribution in [1.82, 2.24) is 0 Å². The predicted molar refractivity (Wildman–Crippen MR) is 81.1 cm³/mol. The fourth-order valence-electron chi connectivity index (χ4n) is 1.59. The molecular formula is C9H25F3O3Si4. The van der Waals surface area contributed by atoms with E-state index in [-0.39, 0.29) is 6.04 Å². The molecule has 19 heavy (non-hydrogen) atoms. The first-order valence-electron chi connectivity index (χ1n) is 6.44. The summed E-state index contributed by atoms with van der Waals surface area (Å²) in [6.07, 6.45) is -4.83. The molecule has 0 aromatic heterocycles. The first-order chi connectivity index (χ1) is 8.39. The quantitative estimate of drug-likeness (QED) is 0.630. The topological polar surface area (TPSA) is 27.7 Å². The first-order valence-corrected chi connectivity index (χ1v) is 16.5. The normalized spacial score (nSPS) is 18.2. The Labute approximate surface area is 120 Å². The summed E-state index contributed by atoms with van der Waals surface area (Å²) in [5, 5.41) is 0. The minimum absolute atomic E-state index is 0.120. The van der Waals surface area contributed by atoms with E-state index in [1.54, 1.807) is 6.55 Å². The number of hydrogen-bond acceptors (Lipinski definition) is 3. The third kappa shape index (κ3) is 13.3. The van der Waals surface area contributed by atoms with Crippen molar-refractivity contribution >= 4 is 35.9 Å². The maximum Gasteiger partial charge on any atom is 0.388 e. The minimum Gasteiger partial charge on any atom is -0.441 e. The van der Waals surface area contributed by atoms with Crippen LogP contribution in [0.2, 0.25) is 45.3 Å². The lowest BCUT2D eigenvalue weighted by atomic mass is 10.5. The van der Waals surface area contributed by atoms with E-state index < -0.39 is 48.5 Å². The van der Waals surface area contributed by atoms with Gasteiger partial charge in [0, 0.05) is 6.42 Å². The summed E-state index contributed by atoms with van der Waals surface area (Å²) in [7, 11) is -6.92. The van der Waals surface area contributed by atoms with Crippen LogP contribution in [0.25, 0.3) is 0 Å². The van der Waals surface area contributed by atoms with Crippen molar-refractivity contribution in [3.05, 3.63) is 0 Å². The minimum atomic E-state index is -4.08. The molecule has 0 aliphatic heterocycles. The van der Waals surface area contributed by atoms with Crippen LogP contribution in [0.4, 0.5) is 13.2 Å². The van der Waals surface area contributed by atoms with Gasteiger partial charge in [0.2, 0.25) is 0 Å². The van der Waals surface area contributed by atoms with E-state index >= 15 is 0 Å². The van der Waals surface area contributed by atoms with Gasteiger partial charge in [-0.3, -0.25) is 0 Å². The fourth-order valence-corrected chi connectivity index (χ4v) is 13.2. The van der Waals surface area contributed by atoms with Crippen LogP contribution in [-0.4, -0.2) is 42.1 Å². The number of hydrogen-bond donors (Lipinski definition) is 0. The molecule has 3 unspecified atom stereocenters. The molecule has 3 nitrogen and oxygen atoms in total. The molecular weight excluding hydrogens is 325 g/mol. The maximum absolute atomic E-state index is 12.1. The van der Waals surface area contributed by atoms with Crippen LogP contribution in [0.15, 0.2) is 0 Å². The zero-order chi connectivity index (χ0) is 15.3. The largest absolute Gasteiger partial charge is 0.441 e. The van der Waals surface area contributed by atoms with Crippen molar-refractivity contribution in [2.75, 3.05) is 0 Å². The summed E-state index contributed by atoms with van der Waals surface area (Å²) >= 11 is 0. The van der Waals surface area contributed by atoms with Gasteiger partial charge in [-0.2, -0.15) is 13.2 Å². The summed E-state index contributed by atoms with van der Waals surface area (Å²) in [4.78, 5) is 0. The number of halogens is 3. The molecule has 0 heterocycles. The van der Waals surface area contributed by atoms with Crippen LogP contribution in [-0.2, 0) is 12.3 Å². The van der Waals surface area contributed by atoms with Crippen molar-refractivity contribution in [1.29, 1.82) is 0 Å². The van der Waals surface area contributed by atoms with Crippen molar-refractivity contribution in [2.24, 2.45) is 0 Å². The molecule has 0 fully saturated rings. The van der Waals surface area contributed by atoms with Crippen molar-refractivity contribution in [2.45, 2.75) is 57.9 Å². The van der Waals surface area contributed by atoms with Gasteiger partial charge >= 0.3 is 6.18 Å². The van der Waals surface area contributed by atoms with Gasteiger partial charge in [-0.05, 0) is 45.3 Å². The SMILES string of the molecule is C[SiH](CCC(F)(F)F)O[SiH](C)O[SiH](C)O[Si](C)(C)C. The molecule has 116 valence electrons. The third-order valence-electron chi connectivity index (χ3n) is 2.16. The molecule has 0 N–H and O–H groups in total. The highest BCUT2D eigenvalue weighted by atomic mass is 28.4. The third-order valence-corrected chi connectivity index (χ3v) is 13.9. The van der Waals surface area contributed by atoms with E-state index in [1.807, 2.05) is 13.1 Å². The first kappa shape index (κ1) is 19.5. The molecule has 0 aromatic carbocycles. The molecule has 0 aliphatic carbocycles. The van der Waals surface area contributed by atoms with Crippen LogP contribution in [0, 0.1) is 0 Å². The van der Waals surface area contributed by atoms with Crippen LogP contribution in [0.5, 0.6) is 0 Å². The van der Waals surface area contributed by atoms with Crippen LogP contribution < -0.4 is 0 Å². The Morgan fingerprint density at radius 3 is 1.89 bits per heavy atom. The van der Waals surface area contributed by atoms with E-state index in [9.17, 15) is 13.2 Å². The monoisotopic (exact) mass is 350 g/mol. The van der Waals surface area contributed by atoms with Crippen molar-refractivity contribution in [3.63, 3.8) is 0 Å². The summed E-state index contributed by atoms with van der Waals surface area (Å²) in [6, 6.07) is 0.120. The molecule has 0 spiro atoms.